The predicted octanol–water partition coefficient (Wildman–Crippen LogP) is 2.17. The van der Waals surface area contributed by atoms with E-state index < -0.39 is 51.4 Å². The van der Waals surface area contributed by atoms with Gasteiger partial charge in [0.15, 0.2) is 22.9 Å². The van der Waals surface area contributed by atoms with Crippen molar-refractivity contribution >= 4 is 28.8 Å². The third-order valence-electron chi connectivity index (χ3n) is 10.5. The number of aliphatic hydroxyl groups excluding tert-OH is 1. The van der Waals surface area contributed by atoms with Crippen LogP contribution in [0.1, 0.15) is 67.1 Å². The van der Waals surface area contributed by atoms with E-state index in [2.05, 4.69) is 13.8 Å². The topological polar surface area (TPSA) is 200 Å². The molecule has 2 aromatic rings. The summed E-state index contributed by atoms with van der Waals surface area (Å²) in [6.07, 6.45) is -0.0553. The molecule has 0 saturated carbocycles. The predicted molar refractivity (Wildman–Crippen MR) is 180 cm³/mol. The average molecular weight is 647 g/mol. The molecule has 12 nitrogen and oxygen atoms in total. The van der Waals surface area contributed by atoms with Crippen molar-refractivity contribution in [1.82, 2.24) is 4.90 Å². The Kier molecular flexibility index (Phi) is 8.12. The van der Waals surface area contributed by atoms with E-state index in [0.29, 0.717) is 17.2 Å². The molecule has 0 heterocycles. The van der Waals surface area contributed by atoms with Gasteiger partial charge in [0.1, 0.15) is 11.3 Å². The molecular formula is C35H46N6O6. The maximum absolute atomic E-state index is 14.7. The summed E-state index contributed by atoms with van der Waals surface area (Å²) in [5.41, 5.74) is 10.1. The Morgan fingerprint density at radius 1 is 1.06 bits per heavy atom. The van der Waals surface area contributed by atoms with Crippen LogP contribution in [0.2, 0.25) is 0 Å². The van der Waals surface area contributed by atoms with Crippen molar-refractivity contribution in [2.45, 2.75) is 70.2 Å². The summed E-state index contributed by atoms with van der Waals surface area (Å²) in [6, 6.07) is 8.59. The molecule has 3 aliphatic carbocycles. The summed E-state index contributed by atoms with van der Waals surface area (Å²) in [7, 11) is 6.86. The van der Waals surface area contributed by atoms with Gasteiger partial charge in [-0.1, -0.05) is 45.0 Å². The lowest BCUT2D eigenvalue weighted by Gasteiger charge is -2.60. The number of hydrogen-bond donors (Lipinski definition) is 6. The number of hydrogen-bond acceptors (Lipinski definition) is 11. The normalized spacial score (nSPS) is 27.2. The molecule has 0 bridgehead atoms. The van der Waals surface area contributed by atoms with Crippen molar-refractivity contribution < 1.29 is 29.7 Å². The van der Waals surface area contributed by atoms with Crippen molar-refractivity contribution in [3.63, 3.8) is 0 Å². The van der Waals surface area contributed by atoms with Gasteiger partial charge in [-0.15, -0.1) is 0 Å². The van der Waals surface area contributed by atoms with Crippen molar-refractivity contribution in [3.05, 3.63) is 75.1 Å². The number of phenolic OH excluding ortho intramolecular Hbond substituents is 1. The quantitative estimate of drug-likeness (QED) is 0.146. The number of aromatic hydroxyl groups is 1. The summed E-state index contributed by atoms with van der Waals surface area (Å²) in [6.45, 7) is 7.53. The minimum absolute atomic E-state index is 0.0165. The molecule has 252 valence electrons. The molecule has 5 rings (SSSR count). The molecule has 1 amide bonds. The van der Waals surface area contributed by atoms with E-state index in [-0.39, 0.29) is 47.5 Å². The van der Waals surface area contributed by atoms with Crippen LogP contribution in [0, 0.1) is 5.41 Å². The van der Waals surface area contributed by atoms with Crippen LogP contribution in [-0.2, 0) is 22.6 Å². The highest BCUT2D eigenvalue weighted by atomic mass is 16.3. The van der Waals surface area contributed by atoms with Gasteiger partial charge in [-0.25, -0.2) is 5.84 Å². The first kappa shape index (κ1) is 34.1. The van der Waals surface area contributed by atoms with Gasteiger partial charge in [-0.2, -0.15) is 0 Å². The second kappa shape index (κ2) is 11.2. The molecular weight excluding hydrogens is 600 g/mol. The first-order chi connectivity index (χ1) is 21.7. The van der Waals surface area contributed by atoms with Crippen molar-refractivity contribution in [2.75, 3.05) is 38.1 Å². The third-order valence-corrected chi connectivity index (χ3v) is 10.5. The van der Waals surface area contributed by atoms with E-state index in [1.165, 1.54) is 17.5 Å². The number of fused-ring (bicyclic) bond motifs is 3. The SMILES string of the molecule is CC1=C2C(=O)c3c(O)c(N(N)Cc4ccc(C(C)C)cc4)cc(N(C)C)c3C[C@@]2(N)C[C@@]2(C)[C@H](N(C)C)C(=O)C(C(N)=O)=C(O)[C@@]12O. The average Bonchev–Trinajstić information content (AvgIpc) is 2.94. The van der Waals surface area contributed by atoms with Crippen LogP contribution in [0.5, 0.6) is 5.75 Å². The molecule has 2 aromatic carbocycles. The fraction of sp³-hybridized carbons (Fsp3) is 0.457. The maximum atomic E-state index is 14.7. The van der Waals surface area contributed by atoms with Gasteiger partial charge in [0.05, 0.1) is 23.8 Å². The number of carbonyl (C=O) groups is 3. The summed E-state index contributed by atoms with van der Waals surface area (Å²) >= 11 is 0. The number of benzene rings is 2. The Morgan fingerprint density at radius 2 is 1.66 bits per heavy atom. The minimum Gasteiger partial charge on any atom is -0.508 e. The van der Waals surface area contributed by atoms with Crippen LogP contribution in [0.4, 0.5) is 11.4 Å². The van der Waals surface area contributed by atoms with E-state index in [9.17, 15) is 29.7 Å². The van der Waals surface area contributed by atoms with E-state index in [1.54, 1.807) is 32.0 Å². The fourth-order valence-corrected chi connectivity index (χ4v) is 8.37. The van der Waals surface area contributed by atoms with Gasteiger partial charge in [0.25, 0.3) is 5.91 Å². The molecule has 0 unspecified atom stereocenters. The smallest absolute Gasteiger partial charge is 0.255 e. The standard InChI is InChI=1S/C35H46N6O6/c1-17(2)20-11-9-19(10-12-20)15-41(38)23-13-22(39(5)6)21-14-34(37)16-33(4)30(40(7)8)29(44)25(32(36)46)31(45)35(33,47)18(3)26(34)28(43)24(21)27(23)42/h9-13,17,30,42,45,47H,14-16,37-38H2,1-8H3,(H2,36,46)/t30-,33+,34-,35+/m1/s1. The van der Waals surface area contributed by atoms with E-state index in [0.717, 1.165) is 5.56 Å². The number of carbonyl (C=O) groups excluding carboxylic acids is 3. The highest BCUT2D eigenvalue weighted by Gasteiger charge is 2.69. The first-order valence-electron chi connectivity index (χ1n) is 15.6. The number of hydrazine groups is 1. The molecule has 0 aliphatic heterocycles. The number of phenols is 1. The summed E-state index contributed by atoms with van der Waals surface area (Å²) in [5.74, 6) is 3.07. The zero-order valence-electron chi connectivity index (χ0n) is 28.3. The van der Waals surface area contributed by atoms with Crippen LogP contribution in [0.15, 0.2) is 52.8 Å². The number of Topliss-reactive ketones (excluding diaryl/α,β-unsaturated/α-hetero) is 2. The second-order valence-corrected chi connectivity index (χ2v) is 14.3. The number of rotatable bonds is 7. The van der Waals surface area contributed by atoms with Crippen molar-refractivity contribution in [3.8, 4) is 5.75 Å². The Labute approximate surface area is 275 Å². The zero-order valence-corrected chi connectivity index (χ0v) is 28.3. The molecule has 9 N–H and O–H groups in total. The summed E-state index contributed by atoms with van der Waals surface area (Å²) in [5, 5.41) is 37.0. The zero-order chi connectivity index (χ0) is 35.1. The van der Waals surface area contributed by atoms with Gasteiger partial charge >= 0.3 is 0 Å². The Bertz CT molecular complexity index is 1760. The van der Waals surface area contributed by atoms with Crippen LogP contribution in [0.3, 0.4) is 0 Å². The van der Waals surface area contributed by atoms with Crippen LogP contribution in [-0.4, -0.2) is 83.1 Å². The van der Waals surface area contributed by atoms with Crippen molar-refractivity contribution in [1.29, 1.82) is 0 Å². The highest BCUT2D eigenvalue weighted by Crippen LogP contribution is 2.61. The number of nitrogens with two attached hydrogens (primary N) is 3. The maximum Gasteiger partial charge on any atom is 0.255 e. The van der Waals surface area contributed by atoms with Gasteiger partial charge < -0.3 is 36.7 Å². The number of amides is 1. The third kappa shape index (κ3) is 4.76. The number of aliphatic hydroxyl groups is 2. The van der Waals surface area contributed by atoms with Crippen molar-refractivity contribution in [2.24, 2.45) is 22.7 Å². The van der Waals surface area contributed by atoms with Gasteiger partial charge in [0, 0.05) is 36.3 Å². The van der Waals surface area contributed by atoms with Crippen LogP contribution in [0.25, 0.3) is 0 Å². The summed E-state index contributed by atoms with van der Waals surface area (Å²) in [4.78, 5) is 44.2. The molecule has 12 heteroatoms. The molecule has 47 heavy (non-hydrogen) atoms. The molecule has 4 atom stereocenters. The fourth-order valence-electron chi connectivity index (χ4n) is 8.37. The lowest BCUT2D eigenvalue weighted by Crippen LogP contribution is -2.72. The Hall–Kier alpha value is -4.23. The molecule has 0 radical (unpaired) electrons. The van der Waals surface area contributed by atoms with E-state index >= 15 is 0 Å². The monoisotopic (exact) mass is 646 g/mol. The van der Waals surface area contributed by atoms with Gasteiger partial charge in [-0.3, -0.25) is 19.3 Å². The van der Waals surface area contributed by atoms with Gasteiger partial charge in [-0.05, 0) is 68.1 Å². The largest absolute Gasteiger partial charge is 0.508 e. The van der Waals surface area contributed by atoms with Crippen LogP contribution >= 0.6 is 0 Å². The molecule has 0 spiro atoms. The molecule has 0 saturated heterocycles. The minimum atomic E-state index is -2.36. The highest BCUT2D eigenvalue weighted by molar-refractivity contribution is 6.23. The number of likely N-dealkylation sites (N-methyl/N-ethyl adjacent to an activating group) is 1. The number of primary amides is 1. The summed E-state index contributed by atoms with van der Waals surface area (Å²) < 4.78 is 0. The lowest BCUT2D eigenvalue weighted by atomic mass is 9.48. The molecule has 3 aliphatic rings. The Balaban J connectivity index is 1.72. The lowest BCUT2D eigenvalue weighted by molar-refractivity contribution is -0.148. The van der Waals surface area contributed by atoms with E-state index in [1.807, 2.05) is 43.3 Å². The number of nitrogens with zero attached hydrogens (tertiary/aromatic N) is 3. The number of ketones is 2. The molecule has 0 fully saturated rings. The first-order valence-corrected chi connectivity index (χ1v) is 15.6. The molecule has 0 aromatic heterocycles. The van der Waals surface area contributed by atoms with Crippen LogP contribution < -0.4 is 27.2 Å². The number of anilines is 2. The van der Waals surface area contributed by atoms with E-state index in [4.69, 9.17) is 17.3 Å². The van der Waals surface area contributed by atoms with Gasteiger partial charge in [0.2, 0.25) is 0 Å². The second-order valence-electron chi connectivity index (χ2n) is 14.3. The Morgan fingerprint density at radius 3 is 2.17 bits per heavy atom.